The van der Waals surface area contributed by atoms with Crippen molar-refractivity contribution in [1.29, 1.82) is 0 Å². The van der Waals surface area contributed by atoms with Crippen LogP contribution in [0.4, 0.5) is 0 Å². The standard InChI is InChI=1S/C27H30N6O3/c34-26(31-35)21-14-28-27(29-15-21)33-7-6-22-23-13-20(4-5-24(23)30-25(22)17-33)19-3-1-2-18(12-19)16-32-8-10-36-11-9-32/h1-5,12-14,30,35H,6-11,15-17H2,(H,28,29)(H,31,34). The molecular weight excluding hydrogens is 456 g/mol. The van der Waals surface area contributed by atoms with Gasteiger partial charge in [-0.1, -0.05) is 24.3 Å². The second-order valence-corrected chi connectivity index (χ2v) is 9.50. The van der Waals surface area contributed by atoms with Crippen LogP contribution in [-0.2, 0) is 29.0 Å². The maximum atomic E-state index is 11.6. The van der Waals surface area contributed by atoms with Gasteiger partial charge in [0.15, 0.2) is 5.96 Å². The van der Waals surface area contributed by atoms with Gasteiger partial charge in [-0.2, -0.15) is 0 Å². The Morgan fingerprint density at radius 1 is 1.11 bits per heavy atom. The summed E-state index contributed by atoms with van der Waals surface area (Å²) in [5.41, 5.74) is 9.55. The first-order valence-corrected chi connectivity index (χ1v) is 12.4. The number of aliphatic imine (C=N–C) groups is 1. The third-order valence-corrected chi connectivity index (χ3v) is 7.21. The minimum Gasteiger partial charge on any atom is -0.379 e. The molecule has 4 heterocycles. The topological polar surface area (TPSA) is 105 Å². The average molecular weight is 487 g/mol. The first-order chi connectivity index (χ1) is 17.7. The van der Waals surface area contributed by atoms with Gasteiger partial charge in [-0.3, -0.25) is 14.9 Å². The minimum atomic E-state index is -0.538. The van der Waals surface area contributed by atoms with Crippen LogP contribution >= 0.6 is 0 Å². The number of carbonyl (C=O) groups excluding carboxylic acids is 1. The molecule has 0 unspecified atom stereocenters. The number of hydroxylamine groups is 1. The van der Waals surface area contributed by atoms with E-state index in [0.29, 0.717) is 5.57 Å². The fraction of sp³-hybridized carbons (Fsp3) is 0.333. The van der Waals surface area contributed by atoms with Crippen molar-refractivity contribution in [1.82, 2.24) is 25.6 Å². The lowest BCUT2D eigenvalue weighted by Gasteiger charge is -2.31. The summed E-state index contributed by atoms with van der Waals surface area (Å²) in [5, 5.41) is 13.2. The van der Waals surface area contributed by atoms with Gasteiger partial charge in [-0.25, -0.2) is 10.5 Å². The van der Waals surface area contributed by atoms with Crippen molar-refractivity contribution >= 4 is 22.8 Å². The Kier molecular flexibility index (Phi) is 6.18. The number of aromatic amines is 1. The molecule has 2 aromatic carbocycles. The summed E-state index contributed by atoms with van der Waals surface area (Å²) in [6.07, 6.45) is 2.51. The number of amides is 1. The van der Waals surface area contributed by atoms with Crippen molar-refractivity contribution in [3.63, 3.8) is 0 Å². The highest BCUT2D eigenvalue weighted by atomic mass is 16.5. The first kappa shape index (κ1) is 22.8. The van der Waals surface area contributed by atoms with Gasteiger partial charge >= 0.3 is 0 Å². The van der Waals surface area contributed by atoms with Gasteiger partial charge in [0.2, 0.25) is 0 Å². The number of carbonyl (C=O) groups is 1. The number of rotatable bonds is 4. The fourth-order valence-corrected chi connectivity index (χ4v) is 5.27. The molecule has 0 atom stereocenters. The second-order valence-electron chi connectivity index (χ2n) is 9.50. The molecule has 4 N–H and O–H groups in total. The Labute approximate surface area is 209 Å². The van der Waals surface area contributed by atoms with Crippen molar-refractivity contribution in [2.75, 3.05) is 39.4 Å². The number of morpholine rings is 1. The smallest absolute Gasteiger partial charge is 0.273 e. The van der Waals surface area contributed by atoms with Crippen LogP contribution < -0.4 is 10.8 Å². The molecule has 0 saturated carbocycles. The van der Waals surface area contributed by atoms with Crippen LogP contribution in [0, 0.1) is 0 Å². The summed E-state index contributed by atoms with van der Waals surface area (Å²) < 4.78 is 5.48. The molecule has 1 amide bonds. The number of guanidine groups is 1. The van der Waals surface area contributed by atoms with Crippen LogP contribution in [0.15, 0.2) is 59.2 Å². The number of hydrogen-bond acceptors (Lipinski definition) is 7. The molecular formula is C27H30N6O3. The van der Waals surface area contributed by atoms with Gasteiger partial charge in [0.1, 0.15) is 0 Å². The van der Waals surface area contributed by atoms with E-state index in [2.05, 4.69) is 67.6 Å². The van der Waals surface area contributed by atoms with Gasteiger partial charge in [0.05, 0.1) is 31.9 Å². The van der Waals surface area contributed by atoms with E-state index in [-0.39, 0.29) is 6.54 Å². The van der Waals surface area contributed by atoms with E-state index in [9.17, 15) is 4.79 Å². The molecule has 9 nitrogen and oxygen atoms in total. The highest BCUT2D eigenvalue weighted by Gasteiger charge is 2.24. The van der Waals surface area contributed by atoms with Crippen LogP contribution in [-0.4, -0.2) is 71.3 Å². The maximum absolute atomic E-state index is 11.6. The summed E-state index contributed by atoms with van der Waals surface area (Å²) in [4.78, 5) is 24.3. The number of benzene rings is 2. The number of aromatic nitrogens is 1. The van der Waals surface area contributed by atoms with Crippen molar-refractivity contribution in [2.45, 2.75) is 19.5 Å². The molecule has 9 heteroatoms. The molecule has 1 saturated heterocycles. The Hall–Kier alpha value is -3.66. The molecule has 186 valence electrons. The minimum absolute atomic E-state index is 0.235. The molecule has 0 radical (unpaired) electrons. The number of hydrogen-bond donors (Lipinski definition) is 4. The molecule has 3 aromatic rings. The predicted octanol–water partition coefficient (Wildman–Crippen LogP) is 2.37. The van der Waals surface area contributed by atoms with Crippen LogP contribution in [0.5, 0.6) is 0 Å². The molecule has 6 rings (SSSR count). The van der Waals surface area contributed by atoms with Gasteiger partial charge in [0, 0.05) is 49.0 Å². The number of ether oxygens (including phenoxy) is 1. The zero-order valence-corrected chi connectivity index (χ0v) is 20.1. The average Bonchev–Trinajstić information content (AvgIpc) is 3.30. The Bertz CT molecular complexity index is 1350. The van der Waals surface area contributed by atoms with E-state index >= 15 is 0 Å². The zero-order valence-electron chi connectivity index (χ0n) is 20.1. The molecule has 1 aromatic heterocycles. The zero-order chi connectivity index (χ0) is 24.5. The Balaban J connectivity index is 1.20. The van der Waals surface area contributed by atoms with Crippen molar-refractivity contribution < 1.29 is 14.7 Å². The van der Waals surface area contributed by atoms with Gasteiger partial charge in [0.25, 0.3) is 5.91 Å². The molecule has 3 aliphatic rings. The lowest BCUT2D eigenvalue weighted by Crippen LogP contribution is -2.44. The molecule has 36 heavy (non-hydrogen) atoms. The van der Waals surface area contributed by atoms with E-state index in [1.54, 1.807) is 11.7 Å². The van der Waals surface area contributed by atoms with Crippen molar-refractivity contribution in [2.24, 2.45) is 4.99 Å². The van der Waals surface area contributed by atoms with E-state index in [1.807, 2.05) is 0 Å². The van der Waals surface area contributed by atoms with Crippen LogP contribution in [0.3, 0.4) is 0 Å². The number of nitrogens with one attached hydrogen (secondary N) is 3. The molecule has 0 spiro atoms. The van der Waals surface area contributed by atoms with E-state index < -0.39 is 5.91 Å². The summed E-state index contributed by atoms with van der Waals surface area (Å²) in [6, 6.07) is 15.6. The Morgan fingerprint density at radius 2 is 1.97 bits per heavy atom. The van der Waals surface area contributed by atoms with Gasteiger partial charge < -0.3 is 19.9 Å². The number of H-pyrrole nitrogens is 1. The summed E-state index contributed by atoms with van der Waals surface area (Å²) in [5.74, 6) is 0.204. The molecule has 3 aliphatic heterocycles. The van der Waals surface area contributed by atoms with Gasteiger partial charge in [-0.05, 0) is 46.9 Å². The third kappa shape index (κ3) is 4.48. The second kappa shape index (κ2) is 9.77. The number of fused-ring (bicyclic) bond motifs is 3. The lowest BCUT2D eigenvalue weighted by molar-refractivity contribution is -0.125. The first-order valence-electron chi connectivity index (χ1n) is 12.4. The lowest BCUT2D eigenvalue weighted by atomic mass is 9.98. The van der Waals surface area contributed by atoms with E-state index in [1.165, 1.54) is 33.3 Å². The van der Waals surface area contributed by atoms with Crippen LogP contribution in [0.25, 0.3) is 22.0 Å². The van der Waals surface area contributed by atoms with Gasteiger partial charge in [-0.15, -0.1) is 0 Å². The predicted molar refractivity (Wildman–Crippen MR) is 137 cm³/mol. The Morgan fingerprint density at radius 3 is 2.78 bits per heavy atom. The van der Waals surface area contributed by atoms with Crippen LogP contribution in [0.1, 0.15) is 16.8 Å². The quantitative estimate of drug-likeness (QED) is 0.333. The van der Waals surface area contributed by atoms with Crippen molar-refractivity contribution in [3.8, 4) is 11.1 Å². The molecule has 0 bridgehead atoms. The van der Waals surface area contributed by atoms with Crippen molar-refractivity contribution in [3.05, 3.63) is 71.1 Å². The summed E-state index contributed by atoms with van der Waals surface area (Å²) >= 11 is 0. The molecule has 1 fully saturated rings. The fourth-order valence-electron chi connectivity index (χ4n) is 5.27. The SMILES string of the molecule is O=C(NO)C1=CNC(N2CCc3c([nH]c4ccc(-c5cccc(CN6CCOCC6)c5)cc34)C2)=NC1. The highest BCUT2D eigenvalue weighted by molar-refractivity contribution is 5.96. The maximum Gasteiger partial charge on any atom is 0.273 e. The summed E-state index contributed by atoms with van der Waals surface area (Å²) in [6.45, 7) is 6.34. The summed E-state index contributed by atoms with van der Waals surface area (Å²) in [7, 11) is 0. The largest absolute Gasteiger partial charge is 0.379 e. The van der Waals surface area contributed by atoms with Crippen LogP contribution in [0.2, 0.25) is 0 Å². The normalized spacial score (nSPS) is 18.3. The third-order valence-electron chi connectivity index (χ3n) is 7.21. The number of nitrogens with zero attached hydrogens (tertiary/aromatic N) is 3. The van der Waals surface area contributed by atoms with E-state index in [0.717, 1.165) is 63.8 Å². The van der Waals surface area contributed by atoms with E-state index in [4.69, 9.17) is 9.94 Å². The highest BCUT2D eigenvalue weighted by Crippen LogP contribution is 2.32. The molecule has 0 aliphatic carbocycles. The monoisotopic (exact) mass is 486 g/mol.